The molecule has 4 heteroatoms. The van der Waals surface area contributed by atoms with E-state index >= 15 is 0 Å². The number of hydrogen-bond acceptors (Lipinski definition) is 2. The molecule has 54 valence electrons. The maximum absolute atomic E-state index is 6.86. The first-order valence-electron chi connectivity index (χ1n) is 3.06. The molecular formula is C5H14N4. The second-order valence-electron chi connectivity index (χ2n) is 1.70. The van der Waals surface area contributed by atoms with Crippen LogP contribution >= 0.6 is 0 Å². The number of hydrogen-bond donors (Lipinski definition) is 3. The van der Waals surface area contributed by atoms with Crippen molar-refractivity contribution < 1.29 is 0 Å². The Labute approximate surface area is 55.5 Å². The number of guanidine groups is 1. The van der Waals surface area contributed by atoms with Gasteiger partial charge in [-0.05, 0) is 0 Å². The number of nitrogens with two attached hydrogens (primary N) is 1. The van der Waals surface area contributed by atoms with Crippen LogP contribution < -0.4 is 11.2 Å². The second-order valence-corrected chi connectivity index (χ2v) is 1.70. The van der Waals surface area contributed by atoms with Crippen molar-refractivity contribution >= 4 is 5.96 Å². The van der Waals surface area contributed by atoms with Crippen molar-refractivity contribution in [1.82, 2.24) is 10.4 Å². The third-order valence-corrected chi connectivity index (χ3v) is 1.04. The molecule has 0 heterocycles. The molecule has 0 spiro atoms. The molecule has 0 fully saturated rings. The van der Waals surface area contributed by atoms with Gasteiger partial charge in [0.25, 0.3) is 0 Å². The standard InChI is InChI=1S/C5H14N4/c1-3-9(4-2)8-5(6)7/h3-4H2,1-2H3,(H4,6,7,8). The third kappa shape index (κ3) is 3.78. The van der Waals surface area contributed by atoms with Gasteiger partial charge in [0, 0.05) is 13.1 Å². The van der Waals surface area contributed by atoms with E-state index in [0.717, 1.165) is 13.1 Å². The zero-order valence-corrected chi connectivity index (χ0v) is 5.94. The Kier molecular flexibility index (Phi) is 3.79. The van der Waals surface area contributed by atoms with E-state index in [-0.39, 0.29) is 5.96 Å². The molecule has 0 radical (unpaired) electrons. The SMILES string of the molecule is CCN(CC)NC(=N)N. The minimum atomic E-state index is -0.00120. The Morgan fingerprint density at radius 3 is 2.11 bits per heavy atom. The molecule has 0 unspecified atom stereocenters. The quantitative estimate of drug-likeness (QED) is 0.280. The summed E-state index contributed by atoms with van der Waals surface area (Å²) in [5.74, 6) is -0.00120. The van der Waals surface area contributed by atoms with Gasteiger partial charge in [-0.25, -0.2) is 5.01 Å². The summed E-state index contributed by atoms with van der Waals surface area (Å²) in [6, 6.07) is 0. The normalized spacial score (nSPS) is 9.67. The molecule has 0 aliphatic carbocycles. The van der Waals surface area contributed by atoms with Crippen LogP contribution in [0.2, 0.25) is 0 Å². The molecule has 4 N–H and O–H groups in total. The maximum atomic E-state index is 6.86. The molecule has 9 heavy (non-hydrogen) atoms. The van der Waals surface area contributed by atoms with Crippen LogP contribution in [0.1, 0.15) is 13.8 Å². The summed E-state index contributed by atoms with van der Waals surface area (Å²) in [4.78, 5) is 0. The summed E-state index contributed by atoms with van der Waals surface area (Å²) in [7, 11) is 0. The van der Waals surface area contributed by atoms with Gasteiger partial charge in [0.05, 0.1) is 0 Å². The summed E-state index contributed by atoms with van der Waals surface area (Å²) in [6.45, 7) is 5.71. The van der Waals surface area contributed by atoms with Gasteiger partial charge >= 0.3 is 0 Å². The van der Waals surface area contributed by atoms with Crippen LogP contribution in [0, 0.1) is 5.41 Å². The van der Waals surface area contributed by atoms with E-state index in [9.17, 15) is 0 Å². The Morgan fingerprint density at radius 1 is 1.56 bits per heavy atom. The summed E-state index contributed by atoms with van der Waals surface area (Å²) in [5, 5.41) is 8.71. The molecule has 0 aromatic carbocycles. The van der Waals surface area contributed by atoms with Crippen LogP contribution in [0.3, 0.4) is 0 Å². The molecular weight excluding hydrogens is 116 g/mol. The lowest BCUT2D eigenvalue weighted by molar-refractivity contribution is 0.260. The van der Waals surface area contributed by atoms with Crippen molar-refractivity contribution in [3.8, 4) is 0 Å². The lowest BCUT2D eigenvalue weighted by Crippen LogP contribution is -2.45. The molecule has 0 amide bonds. The van der Waals surface area contributed by atoms with Crippen LogP contribution in [-0.2, 0) is 0 Å². The van der Waals surface area contributed by atoms with Crippen molar-refractivity contribution in [3.05, 3.63) is 0 Å². The minimum absolute atomic E-state index is 0.00120. The third-order valence-electron chi connectivity index (χ3n) is 1.04. The Hall–Kier alpha value is -0.770. The van der Waals surface area contributed by atoms with Crippen LogP contribution in [0.25, 0.3) is 0 Å². The lowest BCUT2D eigenvalue weighted by atomic mass is 10.6. The highest BCUT2D eigenvalue weighted by atomic mass is 15.5. The zero-order valence-electron chi connectivity index (χ0n) is 5.94. The average Bonchev–Trinajstić information content (AvgIpc) is 1.82. The molecule has 0 aliphatic rings. The molecule has 0 bridgehead atoms. The predicted octanol–water partition coefficient (Wildman–Crippen LogP) is -0.274. The number of rotatable bonds is 3. The zero-order chi connectivity index (χ0) is 7.28. The van der Waals surface area contributed by atoms with Crippen LogP contribution in [0.4, 0.5) is 0 Å². The van der Waals surface area contributed by atoms with Crippen molar-refractivity contribution in [2.24, 2.45) is 5.73 Å². The topological polar surface area (TPSA) is 65.1 Å². The highest BCUT2D eigenvalue weighted by molar-refractivity contribution is 5.73. The van der Waals surface area contributed by atoms with Gasteiger partial charge in [0.2, 0.25) is 5.96 Å². The first-order chi connectivity index (χ1) is 4.20. The van der Waals surface area contributed by atoms with E-state index in [4.69, 9.17) is 11.1 Å². The largest absolute Gasteiger partial charge is 0.369 e. The summed E-state index contributed by atoms with van der Waals surface area (Å²) in [5.41, 5.74) is 7.75. The van der Waals surface area contributed by atoms with Crippen LogP contribution in [-0.4, -0.2) is 24.1 Å². The monoisotopic (exact) mass is 130 g/mol. The first kappa shape index (κ1) is 8.23. The van der Waals surface area contributed by atoms with Gasteiger partial charge in [-0.2, -0.15) is 0 Å². The van der Waals surface area contributed by atoms with Gasteiger partial charge in [0.1, 0.15) is 0 Å². The van der Waals surface area contributed by atoms with E-state index in [0.29, 0.717) is 0 Å². The first-order valence-corrected chi connectivity index (χ1v) is 3.06. The highest BCUT2D eigenvalue weighted by Crippen LogP contribution is 1.76. The van der Waals surface area contributed by atoms with Gasteiger partial charge < -0.3 is 5.73 Å². The molecule has 0 aromatic rings. The van der Waals surface area contributed by atoms with Gasteiger partial charge in [-0.1, -0.05) is 13.8 Å². The average molecular weight is 130 g/mol. The minimum Gasteiger partial charge on any atom is -0.369 e. The molecule has 0 aliphatic heterocycles. The van der Waals surface area contributed by atoms with Gasteiger partial charge in [0.15, 0.2) is 0 Å². The van der Waals surface area contributed by atoms with Gasteiger partial charge in [-0.3, -0.25) is 10.8 Å². The summed E-state index contributed by atoms with van der Waals surface area (Å²) in [6.07, 6.45) is 0. The molecule has 0 rings (SSSR count). The van der Waals surface area contributed by atoms with Crippen LogP contribution in [0.15, 0.2) is 0 Å². The summed E-state index contributed by atoms with van der Waals surface area (Å²) < 4.78 is 0. The fourth-order valence-corrected chi connectivity index (χ4v) is 0.552. The fraction of sp³-hybridized carbons (Fsp3) is 0.800. The van der Waals surface area contributed by atoms with E-state index in [2.05, 4.69) is 5.43 Å². The van der Waals surface area contributed by atoms with E-state index in [1.54, 1.807) is 0 Å². The predicted molar refractivity (Wildman–Crippen MR) is 38.0 cm³/mol. The summed E-state index contributed by atoms with van der Waals surface area (Å²) >= 11 is 0. The highest BCUT2D eigenvalue weighted by Gasteiger charge is 1.95. The van der Waals surface area contributed by atoms with Gasteiger partial charge in [-0.15, -0.1) is 0 Å². The van der Waals surface area contributed by atoms with E-state index in [1.165, 1.54) is 0 Å². The molecule has 0 aromatic heterocycles. The number of hydrazine groups is 1. The fourth-order valence-electron chi connectivity index (χ4n) is 0.552. The molecule has 4 nitrogen and oxygen atoms in total. The molecule has 0 atom stereocenters. The van der Waals surface area contributed by atoms with E-state index in [1.807, 2.05) is 18.9 Å². The molecule has 0 saturated heterocycles. The molecule has 0 saturated carbocycles. The number of nitrogens with zero attached hydrogens (tertiary/aromatic N) is 1. The number of nitrogens with one attached hydrogen (secondary N) is 2. The van der Waals surface area contributed by atoms with Crippen molar-refractivity contribution in [1.29, 1.82) is 5.41 Å². The second kappa shape index (κ2) is 4.14. The van der Waals surface area contributed by atoms with Crippen molar-refractivity contribution in [3.63, 3.8) is 0 Å². The van der Waals surface area contributed by atoms with Crippen molar-refractivity contribution in [2.45, 2.75) is 13.8 Å². The Balaban J connectivity index is 3.43. The van der Waals surface area contributed by atoms with Crippen molar-refractivity contribution in [2.75, 3.05) is 13.1 Å². The lowest BCUT2D eigenvalue weighted by Gasteiger charge is -2.18. The smallest absolute Gasteiger partial charge is 0.200 e. The van der Waals surface area contributed by atoms with Crippen LogP contribution in [0.5, 0.6) is 0 Å². The Bertz CT molecular complexity index is 87.0. The Morgan fingerprint density at radius 2 is 2.00 bits per heavy atom. The van der Waals surface area contributed by atoms with E-state index < -0.39 is 0 Å². The maximum Gasteiger partial charge on any atom is 0.200 e.